The quantitative estimate of drug-likeness (QED) is 0.565. The molecule has 1 saturated carbocycles. The zero-order valence-electron chi connectivity index (χ0n) is 8.86. The minimum atomic E-state index is -0.249. The Labute approximate surface area is 92.6 Å². The molecule has 16 heavy (non-hydrogen) atoms. The first kappa shape index (κ1) is 10.5. The topological polar surface area (TPSA) is 91.0 Å². The summed E-state index contributed by atoms with van der Waals surface area (Å²) in [6, 6.07) is 1.90. The zero-order chi connectivity index (χ0) is 11.5. The Morgan fingerprint density at radius 3 is 2.94 bits per heavy atom. The van der Waals surface area contributed by atoms with E-state index in [0.717, 1.165) is 12.8 Å². The van der Waals surface area contributed by atoms with Gasteiger partial charge in [0.1, 0.15) is 0 Å². The molecule has 1 aromatic rings. The van der Waals surface area contributed by atoms with Crippen molar-refractivity contribution in [2.45, 2.75) is 31.8 Å². The maximum absolute atomic E-state index is 11.6. The van der Waals surface area contributed by atoms with E-state index in [1.165, 1.54) is 0 Å². The average Bonchev–Trinajstić information content (AvgIpc) is 2.61. The van der Waals surface area contributed by atoms with E-state index in [1.807, 2.05) is 6.19 Å². The van der Waals surface area contributed by atoms with E-state index < -0.39 is 0 Å². The highest BCUT2D eigenvalue weighted by molar-refractivity contribution is 5.91. The number of hydrogen-bond donors (Lipinski definition) is 2. The zero-order valence-corrected chi connectivity index (χ0v) is 8.86. The number of amides is 1. The smallest absolute Gasteiger partial charge is 0.290 e. The van der Waals surface area contributed by atoms with Gasteiger partial charge in [-0.15, -0.1) is 0 Å². The Bertz CT molecular complexity index is 428. The predicted molar refractivity (Wildman–Crippen MR) is 54.3 cm³/mol. The number of carbonyl (C=O) groups is 1. The SMILES string of the molecule is Cc1cc(C(=O)N[C@H]2C[C@H](NC#N)C2)on1. The normalized spacial score (nSPS) is 23.0. The fraction of sp³-hybridized carbons (Fsp3) is 0.500. The number of carbonyl (C=O) groups excluding carboxylic acids is 1. The maximum atomic E-state index is 11.6. The number of nitrogens with one attached hydrogen (secondary N) is 2. The molecule has 0 aromatic carbocycles. The van der Waals surface area contributed by atoms with Gasteiger partial charge in [-0.2, -0.15) is 5.26 Å². The van der Waals surface area contributed by atoms with Crippen molar-refractivity contribution in [3.63, 3.8) is 0 Å². The van der Waals surface area contributed by atoms with Crippen molar-refractivity contribution in [1.29, 1.82) is 5.26 Å². The van der Waals surface area contributed by atoms with E-state index in [2.05, 4.69) is 15.8 Å². The monoisotopic (exact) mass is 220 g/mol. The third kappa shape index (κ3) is 2.14. The van der Waals surface area contributed by atoms with Gasteiger partial charge in [-0.25, -0.2) is 0 Å². The minimum Gasteiger partial charge on any atom is -0.351 e. The molecule has 6 heteroatoms. The first-order chi connectivity index (χ1) is 7.69. The molecule has 0 bridgehead atoms. The summed E-state index contributed by atoms with van der Waals surface area (Å²) in [6.07, 6.45) is 3.43. The molecule has 84 valence electrons. The van der Waals surface area contributed by atoms with Crippen LogP contribution in [0.15, 0.2) is 10.6 Å². The third-order valence-electron chi connectivity index (χ3n) is 2.59. The lowest BCUT2D eigenvalue weighted by molar-refractivity contribution is 0.0868. The highest BCUT2D eigenvalue weighted by Gasteiger charge is 2.30. The second-order valence-electron chi connectivity index (χ2n) is 3.93. The molecule has 1 aliphatic carbocycles. The van der Waals surface area contributed by atoms with Gasteiger partial charge in [0.25, 0.3) is 5.91 Å². The molecule has 2 rings (SSSR count). The molecular weight excluding hydrogens is 208 g/mol. The average molecular weight is 220 g/mol. The number of nitrogens with zero attached hydrogens (tertiary/aromatic N) is 2. The Balaban J connectivity index is 1.80. The standard InChI is InChI=1S/C10H12N4O2/c1-6-2-9(16-14-6)10(15)13-8-3-7(4-8)12-5-11/h2,7-8,12H,3-4H2,1H3,(H,13,15)/t7-,8-. The molecule has 0 saturated heterocycles. The third-order valence-corrected chi connectivity index (χ3v) is 2.59. The van der Waals surface area contributed by atoms with Crippen LogP contribution in [0.5, 0.6) is 0 Å². The van der Waals surface area contributed by atoms with Gasteiger partial charge < -0.3 is 15.2 Å². The molecule has 1 fully saturated rings. The highest BCUT2D eigenvalue weighted by atomic mass is 16.5. The summed E-state index contributed by atoms with van der Waals surface area (Å²) in [4.78, 5) is 11.6. The number of nitriles is 1. The van der Waals surface area contributed by atoms with Crippen molar-refractivity contribution in [3.8, 4) is 6.19 Å². The van der Waals surface area contributed by atoms with Gasteiger partial charge in [-0.05, 0) is 19.8 Å². The van der Waals surface area contributed by atoms with Crippen LogP contribution in [0.1, 0.15) is 29.1 Å². The van der Waals surface area contributed by atoms with Crippen molar-refractivity contribution < 1.29 is 9.32 Å². The van der Waals surface area contributed by atoms with Gasteiger partial charge in [0.2, 0.25) is 5.76 Å². The first-order valence-electron chi connectivity index (χ1n) is 5.08. The summed E-state index contributed by atoms with van der Waals surface area (Å²) in [6.45, 7) is 1.76. The lowest BCUT2D eigenvalue weighted by Crippen LogP contribution is -2.51. The van der Waals surface area contributed by atoms with Gasteiger partial charge >= 0.3 is 0 Å². The summed E-state index contributed by atoms with van der Waals surface area (Å²) >= 11 is 0. The lowest BCUT2D eigenvalue weighted by atomic mass is 9.87. The van der Waals surface area contributed by atoms with Crippen LogP contribution in [0.2, 0.25) is 0 Å². The molecule has 1 amide bonds. The number of rotatable bonds is 3. The molecule has 1 heterocycles. The predicted octanol–water partition coefficient (Wildman–Crippen LogP) is 0.315. The van der Waals surface area contributed by atoms with Crippen LogP contribution < -0.4 is 10.6 Å². The fourth-order valence-corrected chi connectivity index (χ4v) is 1.67. The highest BCUT2D eigenvalue weighted by Crippen LogP contribution is 2.20. The fourth-order valence-electron chi connectivity index (χ4n) is 1.67. The lowest BCUT2D eigenvalue weighted by Gasteiger charge is -2.34. The van der Waals surface area contributed by atoms with Crippen LogP contribution in [0.25, 0.3) is 0 Å². The molecule has 0 atom stereocenters. The van der Waals surface area contributed by atoms with Gasteiger partial charge in [-0.3, -0.25) is 4.79 Å². The molecule has 1 aliphatic rings. The molecule has 0 unspecified atom stereocenters. The van der Waals surface area contributed by atoms with Crippen molar-refractivity contribution >= 4 is 5.91 Å². The Morgan fingerprint density at radius 2 is 2.38 bits per heavy atom. The van der Waals surface area contributed by atoms with Crippen molar-refractivity contribution in [2.24, 2.45) is 0 Å². The van der Waals surface area contributed by atoms with Gasteiger partial charge in [-0.1, -0.05) is 5.16 Å². The van der Waals surface area contributed by atoms with Crippen molar-refractivity contribution in [2.75, 3.05) is 0 Å². The summed E-state index contributed by atoms with van der Waals surface area (Å²) in [5, 5.41) is 17.5. The first-order valence-corrected chi connectivity index (χ1v) is 5.08. The van der Waals surface area contributed by atoms with Crippen LogP contribution in [-0.2, 0) is 0 Å². The van der Waals surface area contributed by atoms with Crippen LogP contribution in [0.3, 0.4) is 0 Å². The number of aromatic nitrogens is 1. The number of hydrogen-bond acceptors (Lipinski definition) is 5. The molecular formula is C10H12N4O2. The van der Waals surface area contributed by atoms with Gasteiger partial charge in [0, 0.05) is 18.2 Å². The van der Waals surface area contributed by atoms with Crippen LogP contribution in [0.4, 0.5) is 0 Å². The van der Waals surface area contributed by atoms with E-state index in [9.17, 15) is 4.79 Å². The maximum Gasteiger partial charge on any atom is 0.290 e. The van der Waals surface area contributed by atoms with Crippen LogP contribution in [0, 0.1) is 18.4 Å². The van der Waals surface area contributed by atoms with E-state index in [0.29, 0.717) is 5.69 Å². The molecule has 6 nitrogen and oxygen atoms in total. The minimum absolute atomic E-state index is 0.115. The molecule has 0 aliphatic heterocycles. The number of aryl methyl sites for hydroxylation is 1. The summed E-state index contributed by atoms with van der Waals surface area (Å²) < 4.78 is 4.84. The van der Waals surface area contributed by atoms with E-state index >= 15 is 0 Å². The molecule has 0 radical (unpaired) electrons. The van der Waals surface area contributed by atoms with E-state index in [1.54, 1.807) is 13.0 Å². The Morgan fingerprint density at radius 1 is 1.62 bits per heavy atom. The van der Waals surface area contributed by atoms with E-state index in [-0.39, 0.29) is 23.8 Å². The summed E-state index contributed by atoms with van der Waals surface area (Å²) in [5.74, 6) is -0.0183. The largest absolute Gasteiger partial charge is 0.351 e. The Kier molecular flexibility index (Phi) is 2.77. The Hall–Kier alpha value is -2.03. The van der Waals surface area contributed by atoms with Crippen molar-refractivity contribution in [1.82, 2.24) is 15.8 Å². The van der Waals surface area contributed by atoms with Gasteiger partial charge in [0.05, 0.1) is 5.69 Å². The molecule has 0 spiro atoms. The van der Waals surface area contributed by atoms with Crippen LogP contribution in [-0.4, -0.2) is 23.1 Å². The molecule has 1 aromatic heterocycles. The van der Waals surface area contributed by atoms with E-state index in [4.69, 9.17) is 9.78 Å². The second kappa shape index (κ2) is 4.23. The van der Waals surface area contributed by atoms with Crippen LogP contribution >= 0.6 is 0 Å². The van der Waals surface area contributed by atoms with Gasteiger partial charge in [0.15, 0.2) is 6.19 Å². The second-order valence-corrected chi connectivity index (χ2v) is 3.93. The molecule has 2 N–H and O–H groups in total. The summed E-state index contributed by atoms with van der Waals surface area (Å²) in [7, 11) is 0. The van der Waals surface area contributed by atoms with Crippen molar-refractivity contribution in [3.05, 3.63) is 17.5 Å². The summed E-state index contributed by atoms with van der Waals surface area (Å²) in [5.41, 5.74) is 0.683.